The summed E-state index contributed by atoms with van der Waals surface area (Å²) in [5.74, 6) is 0.708. The summed E-state index contributed by atoms with van der Waals surface area (Å²) < 4.78 is 11.8. The Morgan fingerprint density at radius 2 is 1.87 bits per heavy atom. The maximum absolute atomic E-state index is 13.4. The van der Waals surface area contributed by atoms with Crippen LogP contribution in [0.2, 0.25) is 0 Å². The van der Waals surface area contributed by atoms with E-state index in [9.17, 15) is 4.79 Å². The number of morpholine rings is 1. The smallest absolute Gasteiger partial charge is 0.260 e. The van der Waals surface area contributed by atoms with Crippen LogP contribution in [0.4, 0.5) is 5.13 Å². The summed E-state index contributed by atoms with van der Waals surface area (Å²) in [5.41, 5.74) is 4.04. The Morgan fingerprint density at radius 3 is 2.57 bits per heavy atom. The summed E-state index contributed by atoms with van der Waals surface area (Å²) in [6.45, 7) is 9.21. The zero-order valence-corrected chi connectivity index (χ0v) is 18.6. The minimum Gasteiger partial charge on any atom is -0.497 e. The van der Waals surface area contributed by atoms with Gasteiger partial charge in [-0.3, -0.25) is 9.69 Å². The molecule has 0 unspecified atom stereocenters. The molecule has 0 saturated carbocycles. The molecule has 1 amide bonds. The van der Waals surface area contributed by atoms with Crippen molar-refractivity contribution in [2.45, 2.75) is 13.8 Å². The molecule has 2 aromatic carbocycles. The highest BCUT2D eigenvalue weighted by Crippen LogP contribution is 2.31. The molecule has 30 heavy (non-hydrogen) atoms. The highest BCUT2D eigenvalue weighted by atomic mass is 32.1. The molecule has 7 heteroatoms. The molecule has 4 rings (SSSR count). The number of anilines is 1. The molecule has 1 aliphatic heterocycles. The molecule has 0 bridgehead atoms. The van der Waals surface area contributed by atoms with Crippen LogP contribution in [0.1, 0.15) is 21.5 Å². The van der Waals surface area contributed by atoms with Gasteiger partial charge >= 0.3 is 0 Å². The number of methoxy groups -OCH3 is 1. The number of thiazole rings is 1. The van der Waals surface area contributed by atoms with Crippen molar-refractivity contribution in [3.8, 4) is 5.75 Å². The number of carbonyl (C=O) groups is 1. The molecule has 0 spiro atoms. The number of quaternary nitrogens is 1. The van der Waals surface area contributed by atoms with Gasteiger partial charge in [-0.05, 0) is 61.4 Å². The van der Waals surface area contributed by atoms with Crippen molar-refractivity contribution in [2.24, 2.45) is 0 Å². The number of nitrogens with one attached hydrogen (secondary N) is 1. The number of ether oxygens (including phenoxy) is 2. The van der Waals surface area contributed by atoms with E-state index < -0.39 is 0 Å². The lowest BCUT2D eigenvalue weighted by molar-refractivity contribution is -0.906. The first-order valence-electron chi connectivity index (χ1n) is 10.3. The molecular formula is C23H28N3O3S+. The van der Waals surface area contributed by atoms with Crippen molar-refractivity contribution in [1.82, 2.24) is 4.98 Å². The summed E-state index contributed by atoms with van der Waals surface area (Å²) in [6.07, 6.45) is 0. The standard InChI is InChI=1S/C23H27N3O3S/c1-16-14-20-21(15-17(16)2)30-23(24-20)26(9-8-25-10-12-29-13-11-25)22(27)18-4-6-19(28-3)7-5-18/h4-7,14-15H,8-13H2,1-3H3/p+1. The SMILES string of the molecule is COc1ccc(C(=O)N(CC[NH+]2CCOCC2)c2nc3cc(C)c(C)cc3s2)cc1. The van der Waals surface area contributed by atoms with Crippen molar-refractivity contribution in [1.29, 1.82) is 0 Å². The second-order valence-electron chi connectivity index (χ2n) is 7.70. The second-order valence-corrected chi connectivity index (χ2v) is 8.71. The quantitative estimate of drug-likeness (QED) is 0.658. The fourth-order valence-corrected chi connectivity index (χ4v) is 4.71. The lowest BCUT2D eigenvalue weighted by atomic mass is 10.1. The van der Waals surface area contributed by atoms with E-state index in [0.29, 0.717) is 12.1 Å². The molecule has 1 aliphatic rings. The Morgan fingerprint density at radius 1 is 1.17 bits per heavy atom. The van der Waals surface area contributed by atoms with E-state index in [1.165, 1.54) is 16.0 Å². The molecule has 0 radical (unpaired) electrons. The summed E-state index contributed by atoms with van der Waals surface area (Å²) in [6, 6.07) is 11.5. The van der Waals surface area contributed by atoms with Crippen molar-refractivity contribution in [3.05, 3.63) is 53.1 Å². The number of benzene rings is 2. The first-order chi connectivity index (χ1) is 14.5. The number of hydrogen-bond acceptors (Lipinski definition) is 5. The van der Waals surface area contributed by atoms with Gasteiger partial charge in [-0.15, -0.1) is 0 Å². The largest absolute Gasteiger partial charge is 0.497 e. The van der Waals surface area contributed by atoms with Gasteiger partial charge in [0.1, 0.15) is 18.8 Å². The Labute approximate surface area is 181 Å². The van der Waals surface area contributed by atoms with Crippen LogP contribution in [0, 0.1) is 13.8 Å². The van der Waals surface area contributed by atoms with Gasteiger partial charge in [-0.25, -0.2) is 4.98 Å². The topological polar surface area (TPSA) is 56.1 Å². The number of hydrogen-bond donors (Lipinski definition) is 1. The van der Waals surface area contributed by atoms with E-state index in [0.717, 1.165) is 53.9 Å². The van der Waals surface area contributed by atoms with Gasteiger partial charge in [0.05, 0.1) is 43.6 Å². The molecule has 0 atom stereocenters. The van der Waals surface area contributed by atoms with Crippen LogP contribution in [-0.4, -0.2) is 57.4 Å². The molecule has 1 N–H and O–H groups in total. The molecule has 1 aromatic heterocycles. The number of aromatic nitrogens is 1. The predicted molar refractivity (Wildman–Crippen MR) is 120 cm³/mol. The number of amides is 1. The Kier molecular flexibility index (Phi) is 6.32. The maximum Gasteiger partial charge on any atom is 0.260 e. The van der Waals surface area contributed by atoms with Crippen molar-refractivity contribution in [2.75, 3.05) is 51.4 Å². The zero-order valence-electron chi connectivity index (χ0n) is 17.7. The lowest BCUT2D eigenvalue weighted by Gasteiger charge is -2.27. The average molecular weight is 427 g/mol. The highest BCUT2D eigenvalue weighted by molar-refractivity contribution is 7.22. The van der Waals surface area contributed by atoms with E-state index in [4.69, 9.17) is 14.5 Å². The average Bonchev–Trinajstić information content (AvgIpc) is 3.17. The fourth-order valence-electron chi connectivity index (χ4n) is 3.64. The van der Waals surface area contributed by atoms with E-state index in [1.54, 1.807) is 18.4 Å². The number of fused-ring (bicyclic) bond motifs is 1. The predicted octanol–water partition coefficient (Wildman–Crippen LogP) is 2.48. The number of carbonyl (C=O) groups excluding carboxylic acids is 1. The third kappa shape index (κ3) is 4.48. The van der Waals surface area contributed by atoms with Crippen LogP contribution in [0.3, 0.4) is 0 Å². The van der Waals surface area contributed by atoms with Gasteiger partial charge in [-0.2, -0.15) is 0 Å². The molecule has 1 fully saturated rings. The first-order valence-corrected chi connectivity index (χ1v) is 11.1. The lowest BCUT2D eigenvalue weighted by Crippen LogP contribution is -3.14. The second kappa shape index (κ2) is 9.12. The Balaban J connectivity index is 1.64. The van der Waals surface area contributed by atoms with E-state index in [1.807, 2.05) is 29.2 Å². The van der Waals surface area contributed by atoms with Gasteiger partial charge in [0.25, 0.3) is 5.91 Å². The minimum atomic E-state index is -0.0298. The molecular weight excluding hydrogens is 398 g/mol. The number of aryl methyl sites for hydroxylation is 2. The van der Waals surface area contributed by atoms with E-state index in [-0.39, 0.29) is 5.91 Å². The van der Waals surface area contributed by atoms with Crippen LogP contribution in [-0.2, 0) is 4.74 Å². The Bertz CT molecular complexity index is 987. The maximum atomic E-state index is 13.4. The molecule has 158 valence electrons. The van der Waals surface area contributed by atoms with Crippen molar-refractivity contribution in [3.63, 3.8) is 0 Å². The number of nitrogens with zero attached hydrogens (tertiary/aromatic N) is 2. The monoisotopic (exact) mass is 426 g/mol. The van der Waals surface area contributed by atoms with Crippen LogP contribution in [0.5, 0.6) is 5.75 Å². The van der Waals surface area contributed by atoms with Gasteiger partial charge in [-0.1, -0.05) is 11.3 Å². The van der Waals surface area contributed by atoms with E-state index in [2.05, 4.69) is 26.0 Å². The van der Waals surface area contributed by atoms with Crippen molar-refractivity contribution < 1.29 is 19.2 Å². The zero-order chi connectivity index (χ0) is 21.1. The van der Waals surface area contributed by atoms with Gasteiger partial charge in [0.2, 0.25) is 0 Å². The fraction of sp³-hybridized carbons (Fsp3) is 0.391. The van der Waals surface area contributed by atoms with Crippen LogP contribution < -0.4 is 14.5 Å². The Hall–Kier alpha value is -2.48. The number of rotatable bonds is 6. The van der Waals surface area contributed by atoms with Crippen LogP contribution in [0.15, 0.2) is 36.4 Å². The molecule has 1 saturated heterocycles. The van der Waals surface area contributed by atoms with E-state index >= 15 is 0 Å². The van der Waals surface area contributed by atoms with Crippen LogP contribution >= 0.6 is 11.3 Å². The minimum absolute atomic E-state index is 0.0298. The summed E-state index contributed by atoms with van der Waals surface area (Å²) >= 11 is 1.58. The van der Waals surface area contributed by atoms with Crippen molar-refractivity contribution >= 4 is 32.6 Å². The molecule has 6 nitrogen and oxygen atoms in total. The molecule has 3 aromatic rings. The molecule has 2 heterocycles. The summed E-state index contributed by atoms with van der Waals surface area (Å²) in [5, 5.41) is 0.753. The van der Waals surface area contributed by atoms with Crippen LogP contribution in [0.25, 0.3) is 10.2 Å². The summed E-state index contributed by atoms with van der Waals surface area (Å²) in [7, 11) is 1.62. The third-order valence-corrected chi connectivity index (χ3v) is 6.74. The third-order valence-electron chi connectivity index (χ3n) is 5.69. The summed E-state index contributed by atoms with van der Waals surface area (Å²) in [4.78, 5) is 21.6. The first kappa shape index (κ1) is 20.8. The highest BCUT2D eigenvalue weighted by Gasteiger charge is 2.24. The van der Waals surface area contributed by atoms with Gasteiger partial charge < -0.3 is 14.4 Å². The van der Waals surface area contributed by atoms with Gasteiger partial charge in [0.15, 0.2) is 5.13 Å². The normalized spacial score (nSPS) is 14.8. The van der Waals surface area contributed by atoms with Gasteiger partial charge in [0, 0.05) is 5.56 Å². The molecule has 0 aliphatic carbocycles.